The highest BCUT2D eigenvalue weighted by molar-refractivity contribution is 9.09. The van der Waals surface area contributed by atoms with Crippen molar-refractivity contribution in [3.63, 3.8) is 0 Å². The van der Waals surface area contributed by atoms with Gasteiger partial charge in [0.2, 0.25) is 5.91 Å². The fraction of sp³-hybridized carbons (Fsp3) is 0.800. The van der Waals surface area contributed by atoms with Gasteiger partial charge in [-0.15, -0.1) is 11.6 Å². The second kappa shape index (κ2) is 5.72. The number of halogens is 2. The summed E-state index contributed by atoms with van der Waals surface area (Å²) in [6.45, 7) is 0. The molecule has 5 heteroatoms. The zero-order valence-electron chi connectivity index (χ0n) is 8.43. The van der Waals surface area contributed by atoms with Crippen LogP contribution in [0, 0.1) is 11.3 Å². The molecule has 0 aromatic carbocycles. The van der Waals surface area contributed by atoms with Crippen molar-refractivity contribution in [3.8, 4) is 6.07 Å². The van der Waals surface area contributed by atoms with E-state index in [0.717, 1.165) is 32.1 Å². The van der Waals surface area contributed by atoms with Gasteiger partial charge in [0.15, 0.2) is 0 Å². The number of hydrogen-bond donors (Lipinski definition) is 1. The number of nitrogens with zero attached hydrogens (tertiary/aromatic N) is 1. The molecule has 0 heterocycles. The molecule has 1 unspecified atom stereocenters. The van der Waals surface area contributed by atoms with E-state index >= 15 is 0 Å². The first-order valence-electron chi connectivity index (χ1n) is 5.07. The number of nitriles is 1. The smallest absolute Gasteiger partial charge is 0.240 e. The number of carbonyl (C=O) groups excluding carboxylic acids is 1. The number of nitrogens with one attached hydrogen (secondary N) is 1. The fourth-order valence-corrected chi connectivity index (χ4v) is 2.15. The maximum Gasteiger partial charge on any atom is 0.240 e. The quantitative estimate of drug-likeness (QED) is 0.812. The minimum atomic E-state index is -0.676. The van der Waals surface area contributed by atoms with Crippen molar-refractivity contribution in [1.82, 2.24) is 5.32 Å². The van der Waals surface area contributed by atoms with Crippen LogP contribution in [0.5, 0.6) is 0 Å². The molecular formula is C10H14BrClN2O. The summed E-state index contributed by atoms with van der Waals surface area (Å²) in [5.41, 5.74) is -0.676. The molecule has 1 rings (SSSR count). The molecule has 1 amide bonds. The lowest BCUT2D eigenvalue weighted by Gasteiger charge is -2.32. The molecule has 3 nitrogen and oxygen atoms in total. The van der Waals surface area contributed by atoms with E-state index in [1.54, 1.807) is 0 Å². The highest BCUT2D eigenvalue weighted by Gasteiger charge is 2.34. The van der Waals surface area contributed by atoms with Crippen molar-refractivity contribution in [3.05, 3.63) is 0 Å². The molecule has 0 aromatic heterocycles. The first-order valence-corrected chi connectivity index (χ1v) is 6.63. The van der Waals surface area contributed by atoms with Crippen LogP contribution in [0.1, 0.15) is 32.1 Å². The van der Waals surface area contributed by atoms with Crippen molar-refractivity contribution in [2.24, 2.45) is 0 Å². The van der Waals surface area contributed by atoms with Crippen LogP contribution in [0.15, 0.2) is 0 Å². The minimum Gasteiger partial charge on any atom is -0.337 e. The van der Waals surface area contributed by atoms with E-state index in [2.05, 4.69) is 27.3 Å². The lowest BCUT2D eigenvalue weighted by Crippen LogP contribution is -2.51. The average Bonchev–Trinajstić information content (AvgIpc) is 2.29. The summed E-state index contributed by atoms with van der Waals surface area (Å²) in [5.74, 6) is -0.253. The Labute approximate surface area is 103 Å². The Morgan fingerprint density at radius 1 is 1.53 bits per heavy atom. The van der Waals surface area contributed by atoms with E-state index in [0.29, 0.717) is 5.33 Å². The van der Waals surface area contributed by atoms with Gasteiger partial charge in [-0.05, 0) is 12.8 Å². The number of alkyl halides is 2. The molecule has 0 aliphatic heterocycles. The summed E-state index contributed by atoms with van der Waals surface area (Å²) in [6.07, 6.45) is 4.61. The zero-order chi connectivity index (χ0) is 11.3. The number of hydrogen-bond acceptors (Lipinski definition) is 2. The van der Waals surface area contributed by atoms with E-state index in [1.165, 1.54) is 0 Å². The number of carbonyl (C=O) groups is 1. The molecule has 0 saturated heterocycles. The molecule has 1 N–H and O–H groups in total. The van der Waals surface area contributed by atoms with Crippen LogP contribution in [0.2, 0.25) is 0 Å². The lowest BCUT2D eigenvalue weighted by molar-refractivity contribution is -0.122. The molecule has 1 saturated carbocycles. The topological polar surface area (TPSA) is 52.9 Å². The summed E-state index contributed by atoms with van der Waals surface area (Å²) >= 11 is 8.93. The molecule has 15 heavy (non-hydrogen) atoms. The Balaban J connectivity index is 2.60. The first kappa shape index (κ1) is 12.8. The van der Waals surface area contributed by atoms with Gasteiger partial charge in [-0.25, -0.2) is 0 Å². The average molecular weight is 294 g/mol. The molecule has 0 spiro atoms. The van der Waals surface area contributed by atoms with Gasteiger partial charge in [0.1, 0.15) is 10.9 Å². The molecule has 84 valence electrons. The monoisotopic (exact) mass is 292 g/mol. The van der Waals surface area contributed by atoms with Gasteiger partial charge in [0.05, 0.1) is 6.07 Å². The normalized spacial score (nSPS) is 21.4. The van der Waals surface area contributed by atoms with Gasteiger partial charge in [-0.2, -0.15) is 5.26 Å². The predicted octanol–water partition coefficient (Wildman–Crippen LogP) is 2.33. The van der Waals surface area contributed by atoms with E-state index in [-0.39, 0.29) is 5.91 Å². The summed E-state index contributed by atoms with van der Waals surface area (Å²) in [7, 11) is 0. The molecule has 1 atom stereocenters. The molecule has 1 fully saturated rings. The Bertz CT molecular complexity index is 271. The Hall–Kier alpha value is -0.270. The summed E-state index contributed by atoms with van der Waals surface area (Å²) in [5, 5.41) is 11.7. The van der Waals surface area contributed by atoms with Crippen molar-refractivity contribution < 1.29 is 4.79 Å². The molecule has 0 bridgehead atoms. The lowest BCUT2D eigenvalue weighted by atomic mass is 9.83. The number of amides is 1. The molecule has 1 aliphatic carbocycles. The second-order valence-electron chi connectivity index (χ2n) is 3.87. The van der Waals surface area contributed by atoms with Crippen LogP contribution in [-0.4, -0.2) is 22.2 Å². The van der Waals surface area contributed by atoms with Gasteiger partial charge < -0.3 is 5.32 Å². The second-order valence-corrected chi connectivity index (χ2v) is 5.04. The minimum absolute atomic E-state index is 0.253. The fourth-order valence-electron chi connectivity index (χ4n) is 1.80. The molecular weight excluding hydrogens is 279 g/mol. The third kappa shape index (κ3) is 3.35. The Morgan fingerprint density at radius 2 is 2.13 bits per heavy atom. The van der Waals surface area contributed by atoms with E-state index < -0.39 is 10.9 Å². The van der Waals surface area contributed by atoms with Crippen LogP contribution in [-0.2, 0) is 4.79 Å². The van der Waals surface area contributed by atoms with Crippen LogP contribution in [0.4, 0.5) is 0 Å². The summed E-state index contributed by atoms with van der Waals surface area (Å²) in [4.78, 5) is 11.6. The van der Waals surface area contributed by atoms with Gasteiger partial charge in [-0.3, -0.25) is 4.79 Å². The van der Waals surface area contributed by atoms with Crippen molar-refractivity contribution >= 4 is 33.4 Å². The summed E-state index contributed by atoms with van der Waals surface area (Å²) in [6, 6.07) is 2.22. The zero-order valence-corrected chi connectivity index (χ0v) is 10.8. The van der Waals surface area contributed by atoms with Crippen LogP contribution < -0.4 is 5.32 Å². The molecule has 0 radical (unpaired) electrons. The predicted molar refractivity (Wildman–Crippen MR) is 63.0 cm³/mol. The van der Waals surface area contributed by atoms with Gasteiger partial charge >= 0.3 is 0 Å². The van der Waals surface area contributed by atoms with Crippen LogP contribution >= 0.6 is 27.5 Å². The van der Waals surface area contributed by atoms with Gasteiger partial charge in [-0.1, -0.05) is 35.2 Å². The van der Waals surface area contributed by atoms with Crippen molar-refractivity contribution in [2.45, 2.75) is 43.0 Å². The third-order valence-electron chi connectivity index (χ3n) is 2.70. The highest BCUT2D eigenvalue weighted by Crippen LogP contribution is 2.27. The number of rotatable bonds is 3. The SMILES string of the molecule is N#CC1(NC(=O)C(Cl)CBr)CCCCC1. The van der Waals surface area contributed by atoms with Gasteiger partial charge in [0, 0.05) is 5.33 Å². The van der Waals surface area contributed by atoms with Crippen molar-refractivity contribution in [2.75, 3.05) is 5.33 Å². The third-order valence-corrected chi connectivity index (χ3v) is 4.08. The van der Waals surface area contributed by atoms with Crippen molar-refractivity contribution in [1.29, 1.82) is 5.26 Å². The maximum absolute atomic E-state index is 11.6. The summed E-state index contributed by atoms with van der Waals surface area (Å²) < 4.78 is 0. The van der Waals surface area contributed by atoms with E-state index in [9.17, 15) is 4.79 Å². The molecule has 0 aromatic rings. The first-order chi connectivity index (χ1) is 7.13. The van der Waals surface area contributed by atoms with E-state index in [1.807, 2.05) is 0 Å². The van der Waals surface area contributed by atoms with Crippen LogP contribution in [0.25, 0.3) is 0 Å². The largest absolute Gasteiger partial charge is 0.337 e. The standard InChI is InChI=1S/C10H14BrClN2O/c11-6-8(12)9(15)14-10(7-13)4-2-1-3-5-10/h8H,1-6H2,(H,14,15). The highest BCUT2D eigenvalue weighted by atomic mass is 79.9. The Morgan fingerprint density at radius 3 is 2.60 bits per heavy atom. The maximum atomic E-state index is 11.6. The van der Waals surface area contributed by atoms with Gasteiger partial charge in [0.25, 0.3) is 0 Å². The van der Waals surface area contributed by atoms with Crippen LogP contribution in [0.3, 0.4) is 0 Å². The molecule has 1 aliphatic rings. The van der Waals surface area contributed by atoms with E-state index in [4.69, 9.17) is 16.9 Å². The Kier molecular flexibility index (Phi) is 4.88.